The fourth-order valence-electron chi connectivity index (χ4n) is 7.74. The molecule has 1 heterocycles. The lowest BCUT2D eigenvalue weighted by Crippen LogP contribution is -2.11. The van der Waals surface area contributed by atoms with Gasteiger partial charge in [0.15, 0.2) is 0 Å². The lowest BCUT2D eigenvalue weighted by molar-refractivity contribution is 1.29. The molecule has 0 aliphatic rings. The molecule has 10 rings (SSSR count). The van der Waals surface area contributed by atoms with E-state index in [9.17, 15) is 0 Å². The first-order valence-corrected chi connectivity index (χ1v) is 19.2. The molecule has 0 radical (unpaired) electrons. The quantitative estimate of drug-likeness (QED) is 0.160. The molecule has 254 valence electrons. The van der Waals surface area contributed by atoms with Crippen LogP contribution < -0.4 is 4.90 Å². The molecule has 0 N–H and O–H groups in total. The molecule has 0 bridgehead atoms. The van der Waals surface area contributed by atoms with Crippen molar-refractivity contribution in [2.24, 2.45) is 0 Å². The highest BCUT2D eigenvalue weighted by molar-refractivity contribution is 7.25. The van der Waals surface area contributed by atoms with Gasteiger partial charge in [-0.2, -0.15) is 0 Å². The highest BCUT2D eigenvalue weighted by atomic mass is 32.1. The van der Waals surface area contributed by atoms with E-state index in [2.05, 4.69) is 217 Å². The number of thiophene rings is 1. The van der Waals surface area contributed by atoms with Gasteiger partial charge < -0.3 is 4.90 Å². The van der Waals surface area contributed by atoms with Gasteiger partial charge in [-0.05, 0) is 110 Å². The van der Waals surface area contributed by atoms with Gasteiger partial charge in [-0.15, -0.1) is 11.3 Å². The zero-order valence-corrected chi connectivity index (χ0v) is 30.4. The van der Waals surface area contributed by atoms with Crippen LogP contribution in [0.25, 0.3) is 75.5 Å². The van der Waals surface area contributed by atoms with Crippen LogP contribution in [0.4, 0.5) is 17.1 Å². The molecule has 0 aliphatic carbocycles. The summed E-state index contributed by atoms with van der Waals surface area (Å²) in [4.78, 5) is 2.42. The highest BCUT2D eigenvalue weighted by Crippen LogP contribution is 2.44. The van der Waals surface area contributed by atoms with Crippen molar-refractivity contribution in [1.82, 2.24) is 0 Å². The van der Waals surface area contributed by atoms with Crippen LogP contribution in [0.1, 0.15) is 0 Å². The molecule has 1 aromatic heterocycles. The van der Waals surface area contributed by atoms with Crippen molar-refractivity contribution in [3.8, 4) is 44.5 Å². The summed E-state index contributed by atoms with van der Waals surface area (Å²) < 4.78 is 2.61. The Bertz CT molecular complexity index is 2940. The maximum absolute atomic E-state index is 2.42. The molecule has 2 heteroatoms. The smallest absolute Gasteiger partial charge is 0.0540 e. The van der Waals surface area contributed by atoms with E-state index in [-0.39, 0.29) is 0 Å². The molecule has 0 saturated carbocycles. The summed E-state index contributed by atoms with van der Waals surface area (Å²) in [5.74, 6) is 0. The van der Waals surface area contributed by atoms with Gasteiger partial charge in [0.2, 0.25) is 0 Å². The maximum Gasteiger partial charge on any atom is 0.0540 e. The van der Waals surface area contributed by atoms with Crippen LogP contribution in [-0.4, -0.2) is 0 Å². The first kappa shape index (κ1) is 32.0. The molecule has 0 saturated heterocycles. The van der Waals surface area contributed by atoms with E-state index in [1.807, 2.05) is 11.3 Å². The Morgan fingerprint density at radius 3 is 1.69 bits per heavy atom. The fraction of sp³-hybridized carbons (Fsp3) is 0. The standard InChI is InChI=1S/C52H35NS/c1-2-12-36(13-3-1)41-17-11-19-44(34-41)47-20-6-8-22-50(47)53(46-30-31-52-49(35-46)48-21-7-9-23-51(48)54-52)45-28-26-38(27-29-45)40-16-10-18-42(32-40)43-25-24-37-14-4-5-15-39(37)33-43/h1-35H. The Morgan fingerprint density at radius 1 is 0.296 bits per heavy atom. The molecule has 0 amide bonds. The van der Waals surface area contributed by atoms with E-state index >= 15 is 0 Å². The number of rotatable bonds is 7. The van der Waals surface area contributed by atoms with Crippen molar-refractivity contribution in [2.45, 2.75) is 0 Å². The van der Waals surface area contributed by atoms with E-state index in [1.165, 1.54) is 75.5 Å². The first-order chi connectivity index (χ1) is 26.7. The van der Waals surface area contributed by atoms with Crippen molar-refractivity contribution in [2.75, 3.05) is 4.90 Å². The van der Waals surface area contributed by atoms with E-state index < -0.39 is 0 Å². The number of anilines is 3. The van der Waals surface area contributed by atoms with E-state index in [1.54, 1.807) is 0 Å². The Labute approximate surface area is 319 Å². The molecule has 10 aromatic rings. The number of para-hydroxylation sites is 1. The van der Waals surface area contributed by atoms with Gasteiger partial charge in [0.05, 0.1) is 5.69 Å². The van der Waals surface area contributed by atoms with Gasteiger partial charge in [0.1, 0.15) is 0 Å². The third-order valence-corrected chi connectivity index (χ3v) is 11.6. The van der Waals surface area contributed by atoms with Gasteiger partial charge in [-0.3, -0.25) is 0 Å². The second kappa shape index (κ2) is 13.7. The Morgan fingerprint density at radius 2 is 0.852 bits per heavy atom. The molecule has 0 aliphatic heterocycles. The minimum Gasteiger partial charge on any atom is -0.310 e. The third kappa shape index (κ3) is 5.93. The summed E-state index contributed by atoms with van der Waals surface area (Å²) in [6.07, 6.45) is 0. The molecule has 0 fully saturated rings. The predicted molar refractivity (Wildman–Crippen MR) is 233 cm³/mol. The average molecular weight is 706 g/mol. The topological polar surface area (TPSA) is 3.24 Å². The number of benzene rings is 9. The minimum atomic E-state index is 1.11. The van der Waals surface area contributed by atoms with Crippen LogP contribution in [-0.2, 0) is 0 Å². The Hall–Kier alpha value is -6.74. The fourth-order valence-corrected chi connectivity index (χ4v) is 8.83. The van der Waals surface area contributed by atoms with Crippen molar-refractivity contribution in [3.63, 3.8) is 0 Å². The molecule has 1 nitrogen and oxygen atoms in total. The zero-order chi connectivity index (χ0) is 35.8. The zero-order valence-electron chi connectivity index (χ0n) is 29.6. The second-order valence-corrected chi connectivity index (χ2v) is 14.9. The van der Waals surface area contributed by atoms with Gasteiger partial charge in [0, 0.05) is 37.1 Å². The monoisotopic (exact) mass is 705 g/mol. The van der Waals surface area contributed by atoms with Gasteiger partial charge in [0.25, 0.3) is 0 Å². The van der Waals surface area contributed by atoms with Crippen LogP contribution in [0, 0.1) is 0 Å². The number of fused-ring (bicyclic) bond motifs is 4. The predicted octanol–water partition coefficient (Wildman–Crippen LogP) is 15.3. The Kier molecular flexibility index (Phi) is 8.09. The molecule has 0 atom stereocenters. The average Bonchev–Trinajstić information content (AvgIpc) is 3.63. The summed E-state index contributed by atoms with van der Waals surface area (Å²) in [5.41, 5.74) is 13.0. The van der Waals surface area contributed by atoms with Gasteiger partial charge in [-0.25, -0.2) is 0 Å². The largest absolute Gasteiger partial charge is 0.310 e. The van der Waals surface area contributed by atoms with E-state index in [0.29, 0.717) is 0 Å². The van der Waals surface area contributed by atoms with Crippen LogP contribution in [0.3, 0.4) is 0 Å². The number of hydrogen-bond donors (Lipinski definition) is 0. The maximum atomic E-state index is 2.42. The molecular weight excluding hydrogens is 671 g/mol. The molecule has 0 unspecified atom stereocenters. The lowest BCUT2D eigenvalue weighted by atomic mass is 9.96. The normalized spacial score (nSPS) is 11.3. The molecular formula is C52H35NS. The number of hydrogen-bond acceptors (Lipinski definition) is 2. The number of nitrogens with zero attached hydrogens (tertiary/aromatic N) is 1. The molecule has 54 heavy (non-hydrogen) atoms. The van der Waals surface area contributed by atoms with Gasteiger partial charge in [-0.1, -0.05) is 152 Å². The van der Waals surface area contributed by atoms with Crippen molar-refractivity contribution in [1.29, 1.82) is 0 Å². The Balaban J connectivity index is 1.09. The van der Waals surface area contributed by atoms with Crippen molar-refractivity contribution in [3.05, 3.63) is 212 Å². The second-order valence-electron chi connectivity index (χ2n) is 13.8. The molecule has 0 spiro atoms. The SMILES string of the molecule is c1ccc(-c2cccc(-c3ccccc3N(c3ccc(-c4cccc(-c5ccc6ccccc6c5)c4)cc3)c3ccc4sc5ccccc5c4c3)c2)cc1. The third-order valence-electron chi connectivity index (χ3n) is 10.4. The van der Waals surface area contributed by atoms with Gasteiger partial charge >= 0.3 is 0 Å². The van der Waals surface area contributed by atoms with E-state index in [0.717, 1.165) is 17.1 Å². The first-order valence-electron chi connectivity index (χ1n) is 18.4. The van der Waals surface area contributed by atoms with Crippen LogP contribution in [0.5, 0.6) is 0 Å². The van der Waals surface area contributed by atoms with Crippen molar-refractivity contribution < 1.29 is 0 Å². The summed E-state index contributed by atoms with van der Waals surface area (Å²) in [6.45, 7) is 0. The van der Waals surface area contributed by atoms with E-state index in [4.69, 9.17) is 0 Å². The van der Waals surface area contributed by atoms with Crippen LogP contribution in [0.15, 0.2) is 212 Å². The minimum absolute atomic E-state index is 1.11. The highest BCUT2D eigenvalue weighted by Gasteiger charge is 2.19. The summed E-state index contributed by atoms with van der Waals surface area (Å²) in [5, 5.41) is 5.09. The summed E-state index contributed by atoms with van der Waals surface area (Å²) >= 11 is 1.85. The summed E-state index contributed by atoms with van der Waals surface area (Å²) in [7, 11) is 0. The lowest BCUT2D eigenvalue weighted by Gasteiger charge is -2.28. The molecule has 9 aromatic carbocycles. The summed E-state index contributed by atoms with van der Waals surface area (Å²) in [6, 6.07) is 77.2. The van der Waals surface area contributed by atoms with Crippen LogP contribution in [0.2, 0.25) is 0 Å². The van der Waals surface area contributed by atoms with Crippen LogP contribution >= 0.6 is 11.3 Å². The van der Waals surface area contributed by atoms with Crippen molar-refractivity contribution >= 4 is 59.3 Å².